The largest absolute Gasteiger partial charge is 0.330 e. The maximum Gasteiger partial charge on any atom is 0.246 e. The van der Waals surface area contributed by atoms with Gasteiger partial charge in [0.15, 0.2) is 0 Å². The third-order valence-electron chi connectivity index (χ3n) is 6.08. The van der Waals surface area contributed by atoms with Crippen LogP contribution in [0.15, 0.2) is 11.8 Å². The lowest BCUT2D eigenvalue weighted by molar-refractivity contribution is -0.133. The number of sulfonamides is 1. The molecule has 2 atom stereocenters. The second-order valence-corrected chi connectivity index (χ2v) is 10.1. The predicted molar refractivity (Wildman–Crippen MR) is 108 cm³/mol. The van der Waals surface area contributed by atoms with Crippen molar-refractivity contribution in [2.45, 2.75) is 64.3 Å². The fourth-order valence-corrected chi connectivity index (χ4v) is 5.80. The standard InChI is InChI=1S/C20H33N3O4S/c1-3-9-16-19-17(23(20(16)25)28(2,26)27)11-15-22(19)18(24)10-5-4-6-12-21-13-7-8-14-21/h11,16,19H,3-10,12-15H2,1-2H3/t16-,19-/m1/s1. The van der Waals surface area contributed by atoms with Gasteiger partial charge in [-0.3, -0.25) is 9.59 Å². The number of fused-ring (bicyclic) bond motifs is 1. The molecular weight excluding hydrogens is 378 g/mol. The molecule has 3 heterocycles. The number of carbonyl (C=O) groups excluding carboxylic acids is 2. The summed E-state index contributed by atoms with van der Waals surface area (Å²) in [5.41, 5.74) is 0.480. The molecule has 0 saturated carbocycles. The topological polar surface area (TPSA) is 78.0 Å². The molecule has 2 fully saturated rings. The number of hydrogen-bond acceptors (Lipinski definition) is 5. The molecule has 0 aromatic heterocycles. The Hall–Kier alpha value is -1.41. The van der Waals surface area contributed by atoms with Crippen LogP contribution in [0.3, 0.4) is 0 Å². The van der Waals surface area contributed by atoms with Gasteiger partial charge in [-0.15, -0.1) is 0 Å². The van der Waals surface area contributed by atoms with Gasteiger partial charge >= 0.3 is 0 Å². The van der Waals surface area contributed by atoms with Gasteiger partial charge in [0.1, 0.15) is 0 Å². The Morgan fingerprint density at radius 3 is 2.54 bits per heavy atom. The van der Waals surface area contributed by atoms with Crippen LogP contribution in [-0.4, -0.2) is 72.8 Å². The first kappa shape index (κ1) is 21.3. The summed E-state index contributed by atoms with van der Waals surface area (Å²) < 4.78 is 25.2. The molecule has 3 aliphatic heterocycles. The van der Waals surface area contributed by atoms with Crippen molar-refractivity contribution in [1.82, 2.24) is 14.1 Å². The van der Waals surface area contributed by atoms with Crippen LogP contribution in [0, 0.1) is 5.92 Å². The van der Waals surface area contributed by atoms with E-state index in [0.717, 1.165) is 42.8 Å². The van der Waals surface area contributed by atoms with E-state index >= 15 is 0 Å². The fourth-order valence-electron chi connectivity index (χ4n) is 4.77. The van der Waals surface area contributed by atoms with Gasteiger partial charge in [-0.05, 0) is 57.8 Å². The van der Waals surface area contributed by atoms with Gasteiger partial charge in [-0.25, -0.2) is 12.7 Å². The minimum absolute atomic E-state index is 0.0293. The molecule has 0 aliphatic carbocycles. The van der Waals surface area contributed by atoms with E-state index in [1.807, 2.05) is 6.92 Å². The van der Waals surface area contributed by atoms with Crippen molar-refractivity contribution in [3.05, 3.63) is 11.8 Å². The molecule has 28 heavy (non-hydrogen) atoms. The van der Waals surface area contributed by atoms with Crippen LogP contribution in [-0.2, 0) is 19.6 Å². The van der Waals surface area contributed by atoms with E-state index in [-0.39, 0.29) is 11.8 Å². The maximum atomic E-state index is 12.8. The number of hydrogen-bond donors (Lipinski definition) is 0. The van der Waals surface area contributed by atoms with Crippen molar-refractivity contribution >= 4 is 21.8 Å². The highest BCUT2D eigenvalue weighted by molar-refractivity contribution is 7.89. The molecule has 2 saturated heterocycles. The van der Waals surface area contributed by atoms with E-state index in [1.54, 1.807) is 11.0 Å². The molecule has 0 unspecified atom stereocenters. The first-order chi connectivity index (χ1) is 13.3. The van der Waals surface area contributed by atoms with Crippen LogP contribution < -0.4 is 0 Å². The summed E-state index contributed by atoms with van der Waals surface area (Å²) in [5.74, 6) is -0.807. The Morgan fingerprint density at radius 1 is 1.18 bits per heavy atom. The highest BCUT2D eigenvalue weighted by Gasteiger charge is 2.53. The van der Waals surface area contributed by atoms with Gasteiger partial charge in [0.2, 0.25) is 21.8 Å². The van der Waals surface area contributed by atoms with Gasteiger partial charge in [0.25, 0.3) is 0 Å². The minimum atomic E-state index is -3.67. The van der Waals surface area contributed by atoms with Crippen molar-refractivity contribution in [3.8, 4) is 0 Å². The van der Waals surface area contributed by atoms with E-state index in [2.05, 4.69) is 4.90 Å². The molecule has 0 bridgehead atoms. The zero-order valence-electron chi connectivity index (χ0n) is 17.1. The monoisotopic (exact) mass is 411 g/mol. The molecule has 3 rings (SSSR count). The van der Waals surface area contributed by atoms with Crippen molar-refractivity contribution in [1.29, 1.82) is 0 Å². The maximum absolute atomic E-state index is 12.8. The first-order valence-electron chi connectivity index (χ1n) is 10.6. The third-order valence-corrected chi connectivity index (χ3v) is 7.14. The average Bonchev–Trinajstić information content (AvgIpc) is 3.32. The highest BCUT2D eigenvalue weighted by atomic mass is 32.2. The van der Waals surface area contributed by atoms with Crippen LogP contribution in [0.1, 0.15) is 58.3 Å². The van der Waals surface area contributed by atoms with E-state index in [4.69, 9.17) is 0 Å². The van der Waals surface area contributed by atoms with E-state index in [1.165, 1.54) is 25.9 Å². The molecule has 0 N–H and O–H groups in total. The van der Waals surface area contributed by atoms with Crippen LogP contribution in [0.5, 0.6) is 0 Å². The Labute approximate surface area is 168 Å². The first-order valence-corrected chi connectivity index (χ1v) is 12.5. The molecular formula is C20H33N3O4S. The molecule has 3 aliphatic rings. The lowest BCUT2D eigenvalue weighted by Gasteiger charge is -2.27. The number of likely N-dealkylation sites (tertiary alicyclic amines) is 1. The lowest BCUT2D eigenvalue weighted by Crippen LogP contribution is -2.41. The van der Waals surface area contributed by atoms with Crippen molar-refractivity contribution in [3.63, 3.8) is 0 Å². The highest BCUT2D eigenvalue weighted by Crippen LogP contribution is 2.40. The minimum Gasteiger partial charge on any atom is -0.330 e. The van der Waals surface area contributed by atoms with Gasteiger partial charge < -0.3 is 9.80 Å². The predicted octanol–water partition coefficient (Wildman–Crippen LogP) is 1.96. The van der Waals surface area contributed by atoms with Crippen LogP contribution in [0.4, 0.5) is 0 Å². The third kappa shape index (κ3) is 4.43. The molecule has 0 radical (unpaired) electrons. The second-order valence-electron chi connectivity index (χ2n) is 8.24. The summed E-state index contributed by atoms with van der Waals surface area (Å²) in [6.07, 6.45) is 10.2. The number of unbranched alkanes of at least 4 members (excludes halogenated alkanes) is 2. The summed E-state index contributed by atoms with van der Waals surface area (Å²) in [6.45, 7) is 5.88. The van der Waals surface area contributed by atoms with E-state index < -0.39 is 22.0 Å². The Morgan fingerprint density at radius 2 is 1.89 bits per heavy atom. The van der Waals surface area contributed by atoms with Crippen molar-refractivity contribution < 1.29 is 18.0 Å². The molecule has 8 heteroatoms. The van der Waals surface area contributed by atoms with E-state index in [9.17, 15) is 18.0 Å². The van der Waals surface area contributed by atoms with E-state index in [0.29, 0.717) is 25.1 Å². The summed E-state index contributed by atoms with van der Waals surface area (Å²) in [6, 6.07) is -0.417. The Bertz CT molecular complexity index is 728. The van der Waals surface area contributed by atoms with Crippen LogP contribution in [0.25, 0.3) is 0 Å². The second kappa shape index (κ2) is 8.95. The van der Waals surface area contributed by atoms with Gasteiger partial charge in [-0.1, -0.05) is 19.8 Å². The molecule has 0 spiro atoms. The SMILES string of the molecule is CCC[C@H]1C(=O)N(S(C)(=O)=O)C2=CCN(C(=O)CCCCCN3CCCC3)[C@@H]21. The van der Waals surface area contributed by atoms with Crippen LogP contribution >= 0.6 is 0 Å². The Balaban J connectivity index is 1.56. The van der Waals surface area contributed by atoms with Crippen molar-refractivity contribution in [2.24, 2.45) is 5.92 Å². The zero-order valence-corrected chi connectivity index (χ0v) is 17.9. The molecule has 7 nitrogen and oxygen atoms in total. The zero-order chi connectivity index (χ0) is 20.3. The number of amides is 2. The Kier molecular flexibility index (Phi) is 6.81. The average molecular weight is 412 g/mol. The smallest absolute Gasteiger partial charge is 0.246 e. The van der Waals surface area contributed by atoms with Gasteiger partial charge in [-0.2, -0.15) is 0 Å². The summed E-state index contributed by atoms with van der Waals surface area (Å²) in [4.78, 5) is 29.7. The van der Waals surface area contributed by atoms with Crippen molar-refractivity contribution in [2.75, 3.05) is 32.4 Å². The normalized spacial score (nSPS) is 25.5. The van der Waals surface area contributed by atoms with Gasteiger partial charge in [0, 0.05) is 13.0 Å². The summed E-state index contributed by atoms with van der Waals surface area (Å²) in [5, 5.41) is 0. The lowest BCUT2D eigenvalue weighted by atomic mass is 9.96. The molecule has 158 valence electrons. The number of rotatable bonds is 9. The van der Waals surface area contributed by atoms with Gasteiger partial charge in [0.05, 0.1) is 23.9 Å². The quantitative estimate of drug-likeness (QED) is 0.542. The number of carbonyl (C=O) groups is 2. The molecule has 2 amide bonds. The molecule has 0 aromatic rings. The summed E-state index contributed by atoms with van der Waals surface area (Å²) >= 11 is 0. The molecule has 0 aromatic carbocycles. The van der Waals surface area contributed by atoms with Crippen LogP contribution in [0.2, 0.25) is 0 Å². The summed E-state index contributed by atoms with van der Waals surface area (Å²) in [7, 11) is -3.67. The fraction of sp³-hybridized carbons (Fsp3) is 0.800. The number of nitrogens with zero attached hydrogens (tertiary/aromatic N) is 3.